The Bertz CT molecular complexity index is 59.7. The molecule has 0 nitrogen and oxygen atoms in total. The van der Waals surface area contributed by atoms with E-state index < -0.39 is 0 Å². The Labute approximate surface area is 75.5 Å². The summed E-state index contributed by atoms with van der Waals surface area (Å²) < 4.78 is 0. The van der Waals surface area contributed by atoms with E-state index in [1.165, 1.54) is 38.5 Å². The van der Waals surface area contributed by atoms with Gasteiger partial charge in [-0.05, 0) is 12.8 Å². The van der Waals surface area contributed by atoms with Crippen LogP contribution in [0.4, 0.5) is 0 Å². The minimum Gasteiger partial charge on any atom is -0.114 e. The largest absolute Gasteiger partial charge is 0.114 e. The van der Waals surface area contributed by atoms with Gasteiger partial charge in [-0.1, -0.05) is 38.7 Å². The molecular weight excluding hydrogens is 188 g/mol. The predicted molar refractivity (Wildman–Crippen MR) is 53.9 cm³/mol. The zero-order valence-corrected chi connectivity index (χ0v) is 8.65. The van der Waals surface area contributed by atoms with E-state index in [0.29, 0.717) is 0 Å². The van der Waals surface area contributed by atoms with E-state index in [2.05, 4.69) is 13.5 Å². The summed E-state index contributed by atoms with van der Waals surface area (Å²) in [5.74, 6) is 0. The quantitative estimate of drug-likeness (QED) is 0.454. The zero-order valence-electron chi connectivity index (χ0n) is 6.94. The molecule has 0 aliphatic rings. The summed E-state index contributed by atoms with van der Waals surface area (Å²) in [6, 6.07) is 0. The Hall–Kier alpha value is 0.220. The lowest BCUT2D eigenvalue weighted by atomic mass is 10.1. The van der Waals surface area contributed by atoms with Gasteiger partial charge in [0.1, 0.15) is 0 Å². The molecule has 0 N–H and O–H groups in total. The number of hydrogen-bond donors (Lipinski definition) is 0. The highest BCUT2D eigenvalue weighted by molar-refractivity contribution is 8.93. The van der Waals surface area contributed by atoms with Gasteiger partial charge in [0, 0.05) is 0 Å². The zero-order chi connectivity index (χ0) is 6.95. The third kappa shape index (κ3) is 11.1. The van der Waals surface area contributed by atoms with Crippen molar-refractivity contribution >= 4 is 17.0 Å². The van der Waals surface area contributed by atoms with E-state index >= 15 is 0 Å². The van der Waals surface area contributed by atoms with Gasteiger partial charge >= 0.3 is 0 Å². The van der Waals surface area contributed by atoms with Gasteiger partial charge in [-0.3, -0.25) is 0 Å². The lowest BCUT2D eigenvalue weighted by molar-refractivity contribution is 0.638. The maximum absolute atomic E-state index is 3.68. The maximum atomic E-state index is 3.68. The molecule has 0 atom stereocenters. The monoisotopic (exact) mass is 206 g/mol. The van der Waals surface area contributed by atoms with E-state index in [4.69, 9.17) is 0 Å². The molecule has 0 aliphatic heterocycles. The van der Waals surface area contributed by atoms with Crippen LogP contribution in [0.2, 0.25) is 0 Å². The van der Waals surface area contributed by atoms with Crippen molar-refractivity contribution in [2.75, 3.05) is 0 Å². The van der Waals surface area contributed by atoms with Crippen LogP contribution >= 0.6 is 17.0 Å². The van der Waals surface area contributed by atoms with Crippen molar-refractivity contribution in [1.82, 2.24) is 0 Å². The van der Waals surface area contributed by atoms with E-state index in [-0.39, 0.29) is 17.0 Å². The molecule has 0 rings (SSSR count). The highest BCUT2D eigenvalue weighted by Gasteiger charge is 1.84. The van der Waals surface area contributed by atoms with Gasteiger partial charge < -0.3 is 0 Å². The fraction of sp³-hybridized carbons (Fsp3) is 0.778. The average molecular weight is 207 g/mol. The number of unbranched alkanes of at least 4 members (excludes halogenated alkanes) is 5. The van der Waals surface area contributed by atoms with Crippen molar-refractivity contribution in [2.45, 2.75) is 45.4 Å². The Balaban J connectivity index is 0. The second-order valence-corrected chi connectivity index (χ2v) is 2.49. The first-order valence-corrected chi connectivity index (χ1v) is 4.02. The van der Waals surface area contributed by atoms with Crippen molar-refractivity contribution in [1.29, 1.82) is 0 Å². The topological polar surface area (TPSA) is 0 Å². The predicted octanol–water partition coefficient (Wildman–Crippen LogP) is 4.11. The van der Waals surface area contributed by atoms with Gasteiger partial charge in [-0.25, -0.2) is 0 Å². The summed E-state index contributed by atoms with van der Waals surface area (Å²) in [6.45, 7) is 5.92. The Morgan fingerprint density at radius 1 is 1.10 bits per heavy atom. The first kappa shape index (κ1) is 12.9. The van der Waals surface area contributed by atoms with Crippen LogP contribution in [0.1, 0.15) is 45.4 Å². The summed E-state index contributed by atoms with van der Waals surface area (Å²) in [5, 5.41) is 0. The molecule has 0 fully saturated rings. The average Bonchev–Trinajstić information content (AvgIpc) is 1.89. The van der Waals surface area contributed by atoms with Gasteiger partial charge in [0.05, 0.1) is 0 Å². The molecule has 0 bridgehead atoms. The van der Waals surface area contributed by atoms with Gasteiger partial charge in [0.2, 0.25) is 0 Å². The van der Waals surface area contributed by atoms with Crippen LogP contribution in [-0.2, 0) is 0 Å². The molecule has 0 amide bonds. The molecule has 0 heterocycles. The van der Waals surface area contributed by atoms with Crippen molar-refractivity contribution in [2.24, 2.45) is 0 Å². The summed E-state index contributed by atoms with van der Waals surface area (Å²) in [6.07, 6.45) is 10.1. The number of hydrogen-bond acceptors (Lipinski definition) is 0. The second-order valence-electron chi connectivity index (χ2n) is 2.49. The van der Waals surface area contributed by atoms with Crippen LogP contribution in [0.25, 0.3) is 0 Å². The molecule has 0 aromatic rings. The molecule has 0 spiro atoms. The van der Waals surface area contributed by atoms with Crippen LogP contribution < -0.4 is 0 Å². The summed E-state index contributed by atoms with van der Waals surface area (Å²) in [4.78, 5) is 0. The molecular formula is C9H19Br. The fourth-order valence-corrected chi connectivity index (χ4v) is 0.892. The molecule has 0 saturated heterocycles. The minimum absolute atomic E-state index is 0. The normalized spacial score (nSPS) is 8.50. The van der Waals surface area contributed by atoms with Crippen molar-refractivity contribution in [3.05, 3.63) is 12.7 Å². The van der Waals surface area contributed by atoms with Gasteiger partial charge in [0.15, 0.2) is 0 Å². The van der Waals surface area contributed by atoms with Crippen LogP contribution in [0.5, 0.6) is 0 Å². The molecule has 0 aromatic carbocycles. The fourth-order valence-electron chi connectivity index (χ4n) is 0.892. The van der Waals surface area contributed by atoms with E-state index in [1.807, 2.05) is 6.08 Å². The van der Waals surface area contributed by atoms with Crippen molar-refractivity contribution in [3.8, 4) is 0 Å². The summed E-state index contributed by atoms with van der Waals surface area (Å²) >= 11 is 0. The van der Waals surface area contributed by atoms with Crippen LogP contribution in [0.15, 0.2) is 12.7 Å². The van der Waals surface area contributed by atoms with Crippen LogP contribution in [-0.4, -0.2) is 0 Å². The molecule has 1 heteroatoms. The Morgan fingerprint density at radius 2 is 1.70 bits per heavy atom. The molecule has 62 valence electrons. The van der Waals surface area contributed by atoms with E-state index in [9.17, 15) is 0 Å². The molecule has 0 saturated carbocycles. The Morgan fingerprint density at radius 3 is 2.20 bits per heavy atom. The van der Waals surface area contributed by atoms with Gasteiger partial charge in [-0.15, -0.1) is 23.6 Å². The van der Waals surface area contributed by atoms with Crippen molar-refractivity contribution in [3.63, 3.8) is 0 Å². The molecule has 0 aliphatic carbocycles. The van der Waals surface area contributed by atoms with Gasteiger partial charge in [0.25, 0.3) is 0 Å². The SMILES string of the molecule is Br.C=CCCCCCCC. The highest BCUT2D eigenvalue weighted by atomic mass is 79.9. The van der Waals surface area contributed by atoms with Crippen LogP contribution in [0, 0.1) is 0 Å². The smallest absolute Gasteiger partial charge is 0.0353 e. The second kappa shape index (κ2) is 12.0. The molecule has 0 aromatic heterocycles. The Kier molecular flexibility index (Phi) is 15.4. The molecule has 10 heavy (non-hydrogen) atoms. The highest BCUT2D eigenvalue weighted by Crippen LogP contribution is 2.04. The first-order chi connectivity index (χ1) is 4.41. The van der Waals surface area contributed by atoms with Crippen molar-refractivity contribution < 1.29 is 0 Å². The van der Waals surface area contributed by atoms with Gasteiger partial charge in [-0.2, -0.15) is 0 Å². The number of halogens is 1. The van der Waals surface area contributed by atoms with E-state index in [0.717, 1.165) is 0 Å². The van der Waals surface area contributed by atoms with E-state index in [1.54, 1.807) is 0 Å². The molecule has 0 unspecified atom stereocenters. The minimum atomic E-state index is 0. The number of allylic oxidation sites excluding steroid dienone is 1. The maximum Gasteiger partial charge on any atom is -0.0353 e. The lowest BCUT2D eigenvalue weighted by Crippen LogP contribution is -1.74. The third-order valence-electron chi connectivity index (χ3n) is 1.51. The summed E-state index contributed by atoms with van der Waals surface area (Å²) in [7, 11) is 0. The lowest BCUT2D eigenvalue weighted by Gasteiger charge is -1.94. The first-order valence-electron chi connectivity index (χ1n) is 4.02. The number of rotatable bonds is 6. The third-order valence-corrected chi connectivity index (χ3v) is 1.51. The standard InChI is InChI=1S/C9H18.BrH/c1-3-5-7-9-8-6-4-2;/h3H,1,4-9H2,2H3;1H. The molecule has 0 radical (unpaired) electrons. The summed E-state index contributed by atoms with van der Waals surface area (Å²) in [5.41, 5.74) is 0. The van der Waals surface area contributed by atoms with Crippen LogP contribution in [0.3, 0.4) is 0 Å².